The fourth-order valence-electron chi connectivity index (χ4n) is 1.54. The van der Waals surface area contributed by atoms with Crippen LogP contribution in [-0.2, 0) is 9.59 Å². The van der Waals surface area contributed by atoms with Gasteiger partial charge in [0.25, 0.3) is 0 Å². The summed E-state index contributed by atoms with van der Waals surface area (Å²) < 4.78 is 13.2. The number of carbonyl (C=O) groups is 2. The second-order valence-electron chi connectivity index (χ2n) is 3.60. The molecule has 1 aliphatic rings. The molecule has 0 aromatic heterocycles. The number of carbonyl (C=O) groups excluding carboxylic acids is 2. The van der Waals surface area contributed by atoms with Crippen LogP contribution in [0.25, 0.3) is 0 Å². The first kappa shape index (κ1) is 12.6. The number of hydrogen-bond acceptors (Lipinski definition) is 4. The summed E-state index contributed by atoms with van der Waals surface area (Å²) in [5, 5.41) is 3.82. The van der Waals surface area contributed by atoms with E-state index in [9.17, 15) is 14.0 Å². The molecule has 0 fully saturated rings. The lowest BCUT2D eigenvalue weighted by Gasteiger charge is -2.17. The second kappa shape index (κ2) is 5.18. The molecule has 7 heteroatoms. The topological polar surface area (TPSA) is 84.5 Å². The molecule has 0 saturated carbocycles. The largest absolute Gasteiger partial charge is 0.361 e. The summed E-state index contributed by atoms with van der Waals surface area (Å²) in [6.07, 6.45) is 0.583. The van der Waals surface area contributed by atoms with Crippen molar-refractivity contribution in [1.82, 2.24) is 5.43 Å². The Hall–Kier alpha value is -1.89. The lowest BCUT2D eigenvalue weighted by Crippen LogP contribution is -2.33. The summed E-state index contributed by atoms with van der Waals surface area (Å²) in [5.41, 5.74) is 8.02. The Kier molecular flexibility index (Phi) is 3.61. The van der Waals surface area contributed by atoms with E-state index in [4.69, 9.17) is 5.73 Å². The maximum atomic E-state index is 13.2. The number of hydrazone groups is 1. The van der Waals surface area contributed by atoms with Crippen LogP contribution < -0.4 is 11.2 Å². The van der Waals surface area contributed by atoms with Gasteiger partial charge in [0.05, 0.1) is 5.71 Å². The highest BCUT2D eigenvalue weighted by Gasteiger charge is 2.17. The van der Waals surface area contributed by atoms with Crippen molar-refractivity contribution in [3.63, 3.8) is 0 Å². The van der Waals surface area contributed by atoms with Crippen molar-refractivity contribution in [3.8, 4) is 0 Å². The van der Waals surface area contributed by atoms with Crippen LogP contribution >= 0.6 is 11.8 Å². The highest BCUT2D eigenvalue weighted by Crippen LogP contribution is 2.30. The molecule has 1 aromatic rings. The molecule has 1 aliphatic heterocycles. The zero-order chi connectivity index (χ0) is 13.1. The summed E-state index contributed by atoms with van der Waals surface area (Å²) in [6, 6.07) is 4.40. The summed E-state index contributed by atoms with van der Waals surface area (Å²) >= 11 is 1.59. The molecule has 0 spiro atoms. The number of fused-ring (bicyclic) bond motifs is 1. The molecule has 1 aromatic carbocycles. The summed E-state index contributed by atoms with van der Waals surface area (Å²) in [7, 11) is 0. The fourth-order valence-corrected chi connectivity index (χ4v) is 2.55. The lowest BCUT2D eigenvalue weighted by atomic mass is 10.1. The van der Waals surface area contributed by atoms with Gasteiger partial charge >= 0.3 is 11.8 Å². The molecule has 0 radical (unpaired) electrons. The van der Waals surface area contributed by atoms with Crippen LogP contribution in [-0.4, -0.2) is 23.3 Å². The third-order valence-corrected chi connectivity index (χ3v) is 3.44. The first-order valence-corrected chi connectivity index (χ1v) is 6.15. The van der Waals surface area contributed by atoms with Crippen LogP contribution in [0.4, 0.5) is 4.39 Å². The van der Waals surface area contributed by atoms with Gasteiger partial charge < -0.3 is 5.73 Å². The highest BCUT2D eigenvalue weighted by atomic mass is 32.2. The van der Waals surface area contributed by atoms with Crippen LogP contribution in [0.2, 0.25) is 0 Å². The third kappa shape index (κ3) is 2.67. The van der Waals surface area contributed by atoms with Crippen molar-refractivity contribution in [2.24, 2.45) is 10.8 Å². The average molecular weight is 267 g/mol. The zero-order valence-electron chi connectivity index (χ0n) is 9.27. The molecule has 1 heterocycles. The van der Waals surface area contributed by atoms with E-state index in [1.165, 1.54) is 12.1 Å². The van der Waals surface area contributed by atoms with Crippen molar-refractivity contribution in [2.75, 3.05) is 5.75 Å². The maximum Gasteiger partial charge on any atom is 0.329 e. The van der Waals surface area contributed by atoms with Crippen molar-refractivity contribution >= 4 is 29.3 Å². The Balaban J connectivity index is 2.26. The number of nitrogens with one attached hydrogen (secondary N) is 1. The predicted molar refractivity (Wildman–Crippen MR) is 65.6 cm³/mol. The standard InChI is InChI=1S/C11H10FN3O2S/c12-6-1-2-9-7(5-6)8(3-4-18-9)14-15-11(17)10(13)16/h1-2,5H,3-4H2,(H2,13,16)(H,15,17)/b14-8-. The van der Waals surface area contributed by atoms with Gasteiger partial charge in [-0.3, -0.25) is 9.59 Å². The summed E-state index contributed by atoms with van der Waals surface area (Å²) in [4.78, 5) is 22.4. The van der Waals surface area contributed by atoms with Gasteiger partial charge in [0.2, 0.25) is 0 Å². The number of hydrogen-bond donors (Lipinski definition) is 2. The van der Waals surface area contributed by atoms with Crippen molar-refractivity contribution < 1.29 is 14.0 Å². The van der Waals surface area contributed by atoms with Crippen LogP contribution in [0.15, 0.2) is 28.2 Å². The Labute approximate surface area is 107 Å². The third-order valence-electron chi connectivity index (χ3n) is 2.37. The molecule has 0 atom stereocenters. The van der Waals surface area contributed by atoms with E-state index in [1.807, 2.05) is 0 Å². The molecular weight excluding hydrogens is 257 g/mol. The zero-order valence-corrected chi connectivity index (χ0v) is 10.1. The van der Waals surface area contributed by atoms with Gasteiger partial charge in [-0.15, -0.1) is 11.8 Å². The van der Waals surface area contributed by atoms with Gasteiger partial charge in [-0.2, -0.15) is 5.10 Å². The minimum Gasteiger partial charge on any atom is -0.361 e. The fraction of sp³-hybridized carbons (Fsp3) is 0.182. The summed E-state index contributed by atoms with van der Waals surface area (Å²) in [6.45, 7) is 0. The van der Waals surface area contributed by atoms with Gasteiger partial charge in [-0.1, -0.05) is 0 Å². The van der Waals surface area contributed by atoms with Gasteiger partial charge in [0.15, 0.2) is 0 Å². The van der Waals surface area contributed by atoms with Crippen LogP contribution in [0.3, 0.4) is 0 Å². The number of nitrogens with zero attached hydrogens (tertiary/aromatic N) is 1. The number of primary amides is 1. The minimum absolute atomic E-state index is 0.370. The number of thioether (sulfide) groups is 1. The molecule has 0 bridgehead atoms. The summed E-state index contributed by atoms with van der Waals surface area (Å²) in [5.74, 6) is -1.68. The quantitative estimate of drug-likeness (QED) is 0.578. The SMILES string of the molecule is NC(=O)C(=O)N/N=C1/CCSc2ccc(F)cc21. The van der Waals surface area contributed by atoms with E-state index in [0.717, 1.165) is 10.6 Å². The minimum atomic E-state index is -1.11. The Morgan fingerprint density at radius 1 is 1.44 bits per heavy atom. The van der Waals surface area contributed by atoms with Gasteiger partial charge in [-0.25, -0.2) is 9.82 Å². The van der Waals surface area contributed by atoms with Crippen LogP contribution in [0, 0.1) is 5.82 Å². The Bertz CT molecular complexity index is 545. The number of halogens is 1. The molecule has 0 unspecified atom stereocenters. The van der Waals surface area contributed by atoms with E-state index in [1.54, 1.807) is 17.8 Å². The average Bonchev–Trinajstić information content (AvgIpc) is 2.35. The molecular formula is C11H10FN3O2S. The Morgan fingerprint density at radius 3 is 2.94 bits per heavy atom. The van der Waals surface area contributed by atoms with Gasteiger partial charge in [-0.05, 0) is 18.2 Å². The van der Waals surface area contributed by atoms with E-state index >= 15 is 0 Å². The molecule has 3 N–H and O–H groups in total. The van der Waals surface area contributed by atoms with Crippen LogP contribution in [0.1, 0.15) is 12.0 Å². The molecule has 0 aliphatic carbocycles. The maximum absolute atomic E-state index is 13.2. The molecule has 0 saturated heterocycles. The number of rotatable bonds is 1. The smallest absolute Gasteiger partial charge is 0.329 e. The highest BCUT2D eigenvalue weighted by molar-refractivity contribution is 7.99. The van der Waals surface area contributed by atoms with E-state index in [2.05, 4.69) is 10.5 Å². The first-order chi connectivity index (χ1) is 8.58. The monoisotopic (exact) mass is 267 g/mol. The molecule has 2 amide bonds. The lowest BCUT2D eigenvalue weighted by molar-refractivity contribution is -0.137. The number of nitrogens with two attached hydrogens (primary N) is 1. The van der Waals surface area contributed by atoms with E-state index in [0.29, 0.717) is 17.7 Å². The molecule has 94 valence electrons. The molecule has 2 rings (SSSR count). The first-order valence-electron chi connectivity index (χ1n) is 5.17. The normalized spacial score (nSPS) is 16.2. The van der Waals surface area contributed by atoms with Gasteiger partial charge in [0.1, 0.15) is 5.82 Å². The van der Waals surface area contributed by atoms with Crippen molar-refractivity contribution in [3.05, 3.63) is 29.6 Å². The number of benzene rings is 1. The number of amides is 2. The van der Waals surface area contributed by atoms with Crippen LogP contribution in [0.5, 0.6) is 0 Å². The molecule has 5 nitrogen and oxygen atoms in total. The van der Waals surface area contributed by atoms with Crippen molar-refractivity contribution in [1.29, 1.82) is 0 Å². The van der Waals surface area contributed by atoms with Crippen molar-refractivity contribution in [2.45, 2.75) is 11.3 Å². The van der Waals surface area contributed by atoms with Gasteiger partial charge in [0, 0.05) is 22.6 Å². The molecule has 18 heavy (non-hydrogen) atoms. The van der Waals surface area contributed by atoms with E-state index < -0.39 is 11.8 Å². The Morgan fingerprint density at radius 2 is 2.22 bits per heavy atom. The predicted octanol–water partition coefficient (Wildman–Crippen LogP) is 0.627. The van der Waals surface area contributed by atoms with E-state index in [-0.39, 0.29) is 5.82 Å². The second-order valence-corrected chi connectivity index (χ2v) is 4.74.